The smallest absolute Gasteiger partial charge is 0.305 e. The van der Waals surface area contributed by atoms with E-state index >= 15 is 0 Å². The predicted molar refractivity (Wildman–Crippen MR) is 147 cm³/mol. The third-order valence-electron chi connectivity index (χ3n) is 12.2. The Hall–Kier alpha value is -1.05. The number of ether oxygens (including phenoxy) is 1. The average molecular weight is 483 g/mol. The topological polar surface area (TPSA) is 26.3 Å². The first-order valence-electron chi connectivity index (χ1n) is 14.9. The van der Waals surface area contributed by atoms with Gasteiger partial charge in [0.05, 0.1) is 0 Å². The molecule has 35 heavy (non-hydrogen) atoms. The lowest BCUT2D eigenvalue weighted by Gasteiger charge is -2.62. The molecule has 2 fully saturated rings. The van der Waals surface area contributed by atoms with Gasteiger partial charge in [-0.15, -0.1) is 0 Å². The van der Waals surface area contributed by atoms with Crippen LogP contribution in [0.15, 0.2) is 22.8 Å². The van der Waals surface area contributed by atoms with E-state index in [1.165, 1.54) is 63.4 Å². The van der Waals surface area contributed by atoms with Gasteiger partial charge < -0.3 is 4.74 Å². The molecule has 198 valence electrons. The Morgan fingerprint density at radius 3 is 2.37 bits per heavy atom. The van der Waals surface area contributed by atoms with E-state index in [0.29, 0.717) is 23.2 Å². The SMILES string of the molecule is CCC(=O)O[C@H]1CC[C@]2(C)C3=C(CC[C@H]2C1(C)C)[C@]1(C)CC[C@H]([C@H](C)CCC=C(C)C)[C@@]1(C)CC3. The largest absolute Gasteiger partial charge is 0.462 e. The normalized spacial score (nSPS) is 40.9. The fourth-order valence-electron chi connectivity index (χ4n) is 9.90. The quantitative estimate of drug-likeness (QED) is 0.278. The van der Waals surface area contributed by atoms with Crippen molar-refractivity contribution in [3.63, 3.8) is 0 Å². The molecule has 0 aromatic heterocycles. The molecule has 2 saturated carbocycles. The number of esters is 1. The molecule has 2 heteroatoms. The zero-order valence-corrected chi connectivity index (χ0v) is 24.5. The highest BCUT2D eigenvalue weighted by Gasteiger charge is 2.63. The molecule has 0 aromatic carbocycles. The zero-order valence-electron chi connectivity index (χ0n) is 24.5. The van der Waals surface area contributed by atoms with E-state index in [0.717, 1.165) is 18.3 Å². The average Bonchev–Trinajstić information content (AvgIpc) is 3.06. The molecule has 0 unspecified atom stereocenters. The molecule has 0 heterocycles. The Bertz CT molecular complexity index is 889. The summed E-state index contributed by atoms with van der Waals surface area (Å²) in [5.74, 6) is 2.22. The summed E-state index contributed by atoms with van der Waals surface area (Å²) < 4.78 is 6.02. The van der Waals surface area contributed by atoms with Gasteiger partial charge in [-0.1, -0.05) is 71.3 Å². The molecule has 7 atom stereocenters. The van der Waals surface area contributed by atoms with Gasteiger partial charge in [0.1, 0.15) is 6.10 Å². The van der Waals surface area contributed by atoms with Gasteiger partial charge in [0, 0.05) is 11.8 Å². The standard InChI is InChI=1S/C33H54O2/c1-10-29(34)35-28-18-19-31(7)25-17-21-32(8)24(23(4)13-11-12-22(2)3)16-20-33(32,9)26(25)14-15-27(31)30(28,5)6/h12,23-24,27-28H,10-11,13-21H2,1-9H3/t23-,24-,27+,28+,31-,32-,33+/m1/s1. The lowest BCUT2D eigenvalue weighted by Crippen LogP contribution is -2.55. The van der Waals surface area contributed by atoms with Crippen molar-refractivity contribution < 1.29 is 9.53 Å². The Balaban J connectivity index is 1.61. The highest BCUT2D eigenvalue weighted by Crippen LogP contribution is 2.72. The maximum absolute atomic E-state index is 12.2. The molecule has 0 aliphatic heterocycles. The van der Waals surface area contributed by atoms with Crippen molar-refractivity contribution >= 4 is 5.97 Å². The van der Waals surface area contributed by atoms with Gasteiger partial charge in [-0.25, -0.2) is 0 Å². The number of hydrogen-bond donors (Lipinski definition) is 0. The Kier molecular flexibility index (Phi) is 7.22. The van der Waals surface area contributed by atoms with Gasteiger partial charge in [0.25, 0.3) is 0 Å². The first-order valence-corrected chi connectivity index (χ1v) is 14.9. The molecular weight excluding hydrogens is 428 g/mol. The fraction of sp³-hybridized carbons (Fsp3) is 0.848. The van der Waals surface area contributed by atoms with Crippen molar-refractivity contribution in [3.05, 3.63) is 22.8 Å². The molecule has 0 aromatic rings. The second-order valence-corrected chi connectivity index (χ2v) is 14.4. The van der Waals surface area contributed by atoms with Crippen molar-refractivity contribution in [2.75, 3.05) is 0 Å². The van der Waals surface area contributed by atoms with Crippen LogP contribution in [0.2, 0.25) is 0 Å². The molecular formula is C33H54O2. The maximum atomic E-state index is 12.2. The van der Waals surface area contributed by atoms with Crippen LogP contribution >= 0.6 is 0 Å². The third kappa shape index (κ3) is 4.17. The number of allylic oxidation sites excluding steroid dienone is 4. The van der Waals surface area contributed by atoms with Crippen LogP contribution in [0.1, 0.15) is 133 Å². The summed E-state index contributed by atoms with van der Waals surface area (Å²) in [6.45, 7) is 21.6. The first-order chi connectivity index (χ1) is 16.3. The lowest BCUT2D eigenvalue weighted by atomic mass is 9.43. The summed E-state index contributed by atoms with van der Waals surface area (Å²) in [5, 5.41) is 0. The number of carbonyl (C=O) groups is 1. The van der Waals surface area contributed by atoms with Crippen LogP contribution < -0.4 is 0 Å². The molecule has 0 bridgehead atoms. The molecule has 4 aliphatic rings. The van der Waals surface area contributed by atoms with Crippen LogP contribution in [0.4, 0.5) is 0 Å². The van der Waals surface area contributed by atoms with Crippen LogP contribution in [-0.4, -0.2) is 12.1 Å². The zero-order chi connectivity index (χ0) is 25.8. The van der Waals surface area contributed by atoms with Crippen LogP contribution in [0.3, 0.4) is 0 Å². The van der Waals surface area contributed by atoms with Crippen molar-refractivity contribution in [1.29, 1.82) is 0 Å². The number of rotatable bonds is 6. The van der Waals surface area contributed by atoms with E-state index in [1.54, 1.807) is 0 Å². The van der Waals surface area contributed by atoms with Gasteiger partial charge in [0.15, 0.2) is 0 Å². The second kappa shape index (κ2) is 9.36. The monoisotopic (exact) mass is 482 g/mol. The van der Waals surface area contributed by atoms with Gasteiger partial charge in [-0.2, -0.15) is 0 Å². The van der Waals surface area contributed by atoms with Crippen LogP contribution in [0.5, 0.6) is 0 Å². The molecule has 0 spiro atoms. The van der Waals surface area contributed by atoms with E-state index in [4.69, 9.17) is 4.74 Å². The highest BCUT2D eigenvalue weighted by atomic mass is 16.5. The molecule has 4 aliphatic carbocycles. The van der Waals surface area contributed by atoms with Gasteiger partial charge in [0.2, 0.25) is 0 Å². The summed E-state index contributed by atoms with van der Waals surface area (Å²) in [6, 6.07) is 0. The molecule has 4 rings (SSSR count). The second-order valence-electron chi connectivity index (χ2n) is 14.4. The summed E-state index contributed by atoms with van der Waals surface area (Å²) in [6.07, 6.45) is 15.7. The van der Waals surface area contributed by atoms with Crippen LogP contribution in [-0.2, 0) is 9.53 Å². The number of hydrogen-bond acceptors (Lipinski definition) is 2. The van der Waals surface area contributed by atoms with E-state index < -0.39 is 0 Å². The lowest BCUT2D eigenvalue weighted by molar-refractivity contribution is -0.169. The highest BCUT2D eigenvalue weighted by molar-refractivity contribution is 5.69. The van der Waals surface area contributed by atoms with Crippen molar-refractivity contribution in [1.82, 2.24) is 0 Å². The summed E-state index contributed by atoms with van der Waals surface area (Å²) in [4.78, 5) is 12.2. The minimum absolute atomic E-state index is 0.0287. The summed E-state index contributed by atoms with van der Waals surface area (Å²) in [5.41, 5.74) is 6.25. The van der Waals surface area contributed by atoms with Gasteiger partial charge >= 0.3 is 5.97 Å². The molecule has 0 saturated heterocycles. The van der Waals surface area contributed by atoms with E-state index in [9.17, 15) is 4.79 Å². The first kappa shape index (κ1) is 27.0. The van der Waals surface area contributed by atoms with Crippen LogP contribution in [0.25, 0.3) is 0 Å². The molecule has 0 N–H and O–H groups in total. The van der Waals surface area contributed by atoms with Crippen molar-refractivity contribution in [2.45, 2.75) is 139 Å². The number of fused-ring (bicyclic) bond motifs is 4. The fourth-order valence-corrected chi connectivity index (χ4v) is 9.90. The Labute approximate surface area is 216 Å². The van der Waals surface area contributed by atoms with E-state index in [-0.39, 0.29) is 22.9 Å². The molecule has 0 amide bonds. The summed E-state index contributed by atoms with van der Waals surface area (Å²) in [7, 11) is 0. The van der Waals surface area contributed by atoms with E-state index in [2.05, 4.69) is 61.5 Å². The van der Waals surface area contributed by atoms with Gasteiger partial charge in [-0.05, 0) is 112 Å². The summed E-state index contributed by atoms with van der Waals surface area (Å²) >= 11 is 0. The Morgan fingerprint density at radius 1 is 1.00 bits per heavy atom. The molecule has 2 nitrogen and oxygen atoms in total. The minimum Gasteiger partial charge on any atom is -0.462 e. The van der Waals surface area contributed by atoms with Crippen molar-refractivity contribution in [3.8, 4) is 0 Å². The third-order valence-corrected chi connectivity index (χ3v) is 12.2. The van der Waals surface area contributed by atoms with Crippen molar-refractivity contribution in [2.24, 2.45) is 39.4 Å². The number of carbonyl (C=O) groups excluding carboxylic acids is 1. The van der Waals surface area contributed by atoms with Gasteiger partial charge in [-0.3, -0.25) is 4.79 Å². The Morgan fingerprint density at radius 2 is 1.71 bits per heavy atom. The maximum Gasteiger partial charge on any atom is 0.305 e. The predicted octanol–water partition coefficient (Wildman–Crippen LogP) is 9.44. The van der Waals surface area contributed by atoms with E-state index in [1.807, 2.05) is 18.1 Å². The minimum atomic E-state index is -0.0287. The molecule has 0 radical (unpaired) electrons. The van der Waals surface area contributed by atoms with Crippen LogP contribution in [0, 0.1) is 39.4 Å².